The fraction of sp³-hybridized carbons (Fsp3) is 0.933. The second kappa shape index (κ2) is 7.25. The smallest absolute Gasteiger partial charge is 0.222 e. The van der Waals surface area contributed by atoms with Gasteiger partial charge in [-0.2, -0.15) is 0 Å². The van der Waals surface area contributed by atoms with Crippen molar-refractivity contribution in [2.45, 2.75) is 38.5 Å². The SMILES string of the molecule is CN1CCCN(C(=O)CC2CCC(CN)CC2)CC1. The largest absolute Gasteiger partial charge is 0.341 e. The van der Waals surface area contributed by atoms with Gasteiger partial charge in [0.2, 0.25) is 5.91 Å². The maximum absolute atomic E-state index is 12.4. The van der Waals surface area contributed by atoms with Crippen molar-refractivity contribution in [2.24, 2.45) is 17.6 Å². The maximum Gasteiger partial charge on any atom is 0.222 e. The van der Waals surface area contributed by atoms with E-state index < -0.39 is 0 Å². The second-order valence-corrected chi connectivity index (χ2v) is 6.36. The van der Waals surface area contributed by atoms with E-state index in [1.54, 1.807) is 0 Å². The van der Waals surface area contributed by atoms with Crippen LogP contribution in [-0.2, 0) is 4.79 Å². The first-order valence-corrected chi connectivity index (χ1v) is 7.85. The van der Waals surface area contributed by atoms with Crippen molar-refractivity contribution >= 4 is 5.91 Å². The third kappa shape index (κ3) is 4.46. The number of nitrogens with two attached hydrogens (primary N) is 1. The highest BCUT2D eigenvalue weighted by atomic mass is 16.2. The molecule has 2 N–H and O–H groups in total. The first-order chi connectivity index (χ1) is 9.19. The van der Waals surface area contributed by atoms with E-state index >= 15 is 0 Å². The number of hydrogen-bond donors (Lipinski definition) is 1. The molecule has 2 fully saturated rings. The summed E-state index contributed by atoms with van der Waals surface area (Å²) in [5.74, 6) is 1.70. The molecule has 0 unspecified atom stereocenters. The monoisotopic (exact) mass is 267 g/mol. The predicted molar refractivity (Wildman–Crippen MR) is 77.8 cm³/mol. The van der Waals surface area contributed by atoms with Gasteiger partial charge in [0, 0.05) is 26.1 Å². The van der Waals surface area contributed by atoms with E-state index in [0.717, 1.165) is 45.6 Å². The van der Waals surface area contributed by atoms with Gasteiger partial charge in [-0.3, -0.25) is 4.79 Å². The van der Waals surface area contributed by atoms with Crippen LogP contribution in [0.5, 0.6) is 0 Å². The first-order valence-electron chi connectivity index (χ1n) is 7.85. The van der Waals surface area contributed by atoms with Gasteiger partial charge in [0.1, 0.15) is 0 Å². The molecule has 1 saturated carbocycles. The lowest BCUT2D eigenvalue weighted by Crippen LogP contribution is -2.36. The van der Waals surface area contributed by atoms with Crippen molar-refractivity contribution in [3.05, 3.63) is 0 Å². The molecular formula is C15H29N3O. The summed E-state index contributed by atoms with van der Waals surface area (Å²) in [5, 5.41) is 0. The van der Waals surface area contributed by atoms with Gasteiger partial charge in [0.25, 0.3) is 0 Å². The van der Waals surface area contributed by atoms with Gasteiger partial charge in [0.05, 0.1) is 0 Å². The summed E-state index contributed by atoms with van der Waals surface area (Å²) < 4.78 is 0. The molecule has 0 aromatic carbocycles. The van der Waals surface area contributed by atoms with Crippen LogP contribution in [0.3, 0.4) is 0 Å². The first kappa shape index (κ1) is 14.8. The van der Waals surface area contributed by atoms with Crippen LogP contribution in [0.25, 0.3) is 0 Å². The van der Waals surface area contributed by atoms with Crippen LogP contribution in [0, 0.1) is 11.8 Å². The average molecular weight is 267 g/mol. The predicted octanol–water partition coefficient (Wildman–Crippen LogP) is 1.31. The van der Waals surface area contributed by atoms with E-state index in [1.165, 1.54) is 25.7 Å². The topological polar surface area (TPSA) is 49.6 Å². The zero-order chi connectivity index (χ0) is 13.7. The summed E-state index contributed by atoms with van der Waals surface area (Å²) in [5.41, 5.74) is 5.72. The molecule has 2 rings (SSSR count). The Balaban J connectivity index is 1.74. The fourth-order valence-electron chi connectivity index (χ4n) is 3.34. The number of hydrogen-bond acceptors (Lipinski definition) is 3. The molecule has 2 aliphatic rings. The van der Waals surface area contributed by atoms with Crippen LogP contribution in [0.2, 0.25) is 0 Å². The minimum absolute atomic E-state index is 0.381. The third-order valence-corrected chi connectivity index (χ3v) is 4.84. The molecule has 1 aliphatic carbocycles. The van der Waals surface area contributed by atoms with E-state index in [4.69, 9.17) is 5.73 Å². The maximum atomic E-state index is 12.4. The van der Waals surface area contributed by atoms with Gasteiger partial charge in [-0.05, 0) is 64.1 Å². The van der Waals surface area contributed by atoms with E-state index in [2.05, 4.69) is 16.8 Å². The van der Waals surface area contributed by atoms with Crippen molar-refractivity contribution in [3.8, 4) is 0 Å². The quantitative estimate of drug-likeness (QED) is 0.838. The van der Waals surface area contributed by atoms with Gasteiger partial charge < -0.3 is 15.5 Å². The average Bonchev–Trinajstić information content (AvgIpc) is 2.64. The number of amides is 1. The standard InChI is InChI=1S/C15H29N3O/c1-17-7-2-8-18(10-9-17)15(19)11-13-3-5-14(12-16)6-4-13/h13-14H,2-12,16H2,1H3. The zero-order valence-corrected chi connectivity index (χ0v) is 12.3. The molecule has 0 radical (unpaired) electrons. The van der Waals surface area contributed by atoms with Gasteiger partial charge >= 0.3 is 0 Å². The van der Waals surface area contributed by atoms with Gasteiger partial charge in [0.15, 0.2) is 0 Å². The summed E-state index contributed by atoms with van der Waals surface area (Å²) in [6, 6.07) is 0. The van der Waals surface area contributed by atoms with Crippen molar-refractivity contribution in [1.29, 1.82) is 0 Å². The molecule has 1 amide bonds. The van der Waals surface area contributed by atoms with E-state index in [0.29, 0.717) is 17.7 Å². The highest BCUT2D eigenvalue weighted by molar-refractivity contribution is 5.76. The highest BCUT2D eigenvalue weighted by Crippen LogP contribution is 2.30. The third-order valence-electron chi connectivity index (χ3n) is 4.84. The van der Waals surface area contributed by atoms with E-state index in [9.17, 15) is 4.79 Å². The molecule has 1 aliphatic heterocycles. The number of nitrogens with zero attached hydrogens (tertiary/aromatic N) is 2. The second-order valence-electron chi connectivity index (χ2n) is 6.36. The van der Waals surface area contributed by atoms with E-state index in [-0.39, 0.29) is 0 Å². The number of likely N-dealkylation sites (N-methyl/N-ethyl adjacent to an activating group) is 1. The normalized spacial score (nSPS) is 30.1. The minimum atomic E-state index is 0.381. The Hall–Kier alpha value is -0.610. The Kier molecular flexibility index (Phi) is 5.64. The molecule has 110 valence electrons. The van der Waals surface area contributed by atoms with Gasteiger partial charge in [-0.1, -0.05) is 0 Å². The van der Waals surface area contributed by atoms with E-state index in [1.807, 2.05) is 0 Å². The van der Waals surface area contributed by atoms with Crippen LogP contribution >= 0.6 is 0 Å². The fourth-order valence-corrected chi connectivity index (χ4v) is 3.34. The number of carbonyl (C=O) groups excluding carboxylic acids is 1. The molecule has 4 nitrogen and oxygen atoms in total. The van der Waals surface area contributed by atoms with Crippen LogP contribution < -0.4 is 5.73 Å². The lowest BCUT2D eigenvalue weighted by Gasteiger charge is -2.29. The van der Waals surface area contributed by atoms with Crippen LogP contribution in [0.15, 0.2) is 0 Å². The summed E-state index contributed by atoms with van der Waals surface area (Å²) in [6.07, 6.45) is 6.71. The Morgan fingerprint density at radius 2 is 1.74 bits per heavy atom. The molecule has 1 heterocycles. The Bertz CT molecular complexity index is 287. The molecule has 0 aromatic heterocycles. The lowest BCUT2D eigenvalue weighted by atomic mass is 9.80. The van der Waals surface area contributed by atoms with Crippen molar-refractivity contribution in [2.75, 3.05) is 39.8 Å². The molecule has 0 bridgehead atoms. The number of carbonyl (C=O) groups is 1. The molecule has 19 heavy (non-hydrogen) atoms. The molecule has 4 heteroatoms. The molecular weight excluding hydrogens is 238 g/mol. The Morgan fingerprint density at radius 3 is 2.42 bits per heavy atom. The summed E-state index contributed by atoms with van der Waals surface area (Å²) >= 11 is 0. The van der Waals surface area contributed by atoms with Gasteiger partial charge in [-0.15, -0.1) is 0 Å². The van der Waals surface area contributed by atoms with Crippen LogP contribution in [-0.4, -0.2) is 55.5 Å². The minimum Gasteiger partial charge on any atom is -0.341 e. The molecule has 0 spiro atoms. The Labute approximate surface area is 117 Å². The van der Waals surface area contributed by atoms with Crippen molar-refractivity contribution in [3.63, 3.8) is 0 Å². The lowest BCUT2D eigenvalue weighted by molar-refractivity contribution is -0.132. The number of rotatable bonds is 3. The van der Waals surface area contributed by atoms with Crippen molar-refractivity contribution < 1.29 is 4.79 Å². The van der Waals surface area contributed by atoms with Crippen molar-refractivity contribution in [1.82, 2.24) is 9.80 Å². The summed E-state index contributed by atoms with van der Waals surface area (Å²) in [4.78, 5) is 16.8. The molecule has 0 aromatic rings. The highest BCUT2D eigenvalue weighted by Gasteiger charge is 2.25. The Morgan fingerprint density at radius 1 is 1.05 bits per heavy atom. The van der Waals surface area contributed by atoms with Gasteiger partial charge in [-0.25, -0.2) is 0 Å². The van der Waals surface area contributed by atoms with Crippen LogP contribution in [0.4, 0.5) is 0 Å². The zero-order valence-electron chi connectivity index (χ0n) is 12.3. The summed E-state index contributed by atoms with van der Waals surface area (Å²) in [6.45, 7) is 4.81. The molecule has 1 saturated heterocycles. The summed E-state index contributed by atoms with van der Waals surface area (Å²) in [7, 11) is 2.14. The van der Waals surface area contributed by atoms with Crippen LogP contribution in [0.1, 0.15) is 38.5 Å². The molecule has 0 atom stereocenters.